The van der Waals surface area contributed by atoms with Gasteiger partial charge in [0.2, 0.25) is 0 Å². The largest absolute Gasteiger partial charge is 0.293 e. The third-order valence-corrected chi connectivity index (χ3v) is 2.05. The molecule has 3 heteroatoms. The molecule has 1 aromatic heterocycles. The Balaban J connectivity index is 2.90. The molecule has 11 heavy (non-hydrogen) atoms. The Morgan fingerprint density at radius 1 is 1.64 bits per heavy atom. The maximum absolute atomic E-state index is 11.1. The zero-order chi connectivity index (χ0) is 8.27. The molecule has 0 saturated heterocycles. The van der Waals surface area contributed by atoms with Gasteiger partial charge in [-0.1, -0.05) is 22.6 Å². The Hall–Kier alpha value is -0.450. The lowest BCUT2D eigenvalue weighted by atomic mass is 10.2. The minimum Gasteiger partial charge on any atom is -0.293 e. The van der Waals surface area contributed by atoms with E-state index in [-0.39, 0.29) is 5.78 Å². The monoisotopic (exact) mass is 261 g/mol. The minimum absolute atomic E-state index is 0.137. The van der Waals surface area contributed by atoms with Gasteiger partial charge in [0.1, 0.15) is 0 Å². The molecule has 0 aliphatic carbocycles. The number of rotatable bonds is 2. The molecular weight excluding hydrogens is 253 g/mol. The van der Waals surface area contributed by atoms with E-state index < -0.39 is 0 Å². The van der Waals surface area contributed by atoms with Gasteiger partial charge >= 0.3 is 0 Å². The molecule has 0 N–H and O–H groups in total. The molecule has 0 bridgehead atoms. The van der Waals surface area contributed by atoms with Crippen LogP contribution in [0.15, 0.2) is 18.3 Å². The van der Waals surface area contributed by atoms with Gasteiger partial charge in [-0.2, -0.15) is 0 Å². The maximum atomic E-state index is 11.1. The highest BCUT2D eigenvalue weighted by Crippen LogP contribution is 2.02. The van der Waals surface area contributed by atoms with Crippen molar-refractivity contribution in [2.45, 2.75) is 6.92 Å². The van der Waals surface area contributed by atoms with E-state index in [0.29, 0.717) is 9.99 Å². The smallest absolute Gasteiger partial charge is 0.174 e. The van der Waals surface area contributed by atoms with Gasteiger partial charge in [0, 0.05) is 17.5 Å². The van der Waals surface area contributed by atoms with Crippen LogP contribution in [0.4, 0.5) is 0 Å². The number of alkyl halides is 1. The van der Waals surface area contributed by atoms with E-state index in [9.17, 15) is 4.79 Å². The van der Waals surface area contributed by atoms with Crippen molar-refractivity contribution >= 4 is 28.4 Å². The summed E-state index contributed by atoms with van der Waals surface area (Å²) in [6.07, 6.45) is 1.62. The summed E-state index contributed by atoms with van der Waals surface area (Å²) in [5, 5.41) is 0. The molecule has 1 heterocycles. The Kier molecular flexibility index (Phi) is 2.99. The standard InChI is InChI=1S/C8H8INO/c1-6-2-3-7(5-10-6)8(11)4-9/h2-3,5H,4H2,1H3. The molecule has 58 valence electrons. The second-order valence-corrected chi connectivity index (χ2v) is 3.01. The van der Waals surface area contributed by atoms with Gasteiger partial charge in [0.15, 0.2) is 5.78 Å². The highest BCUT2D eigenvalue weighted by atomic mass is 127. The van der Waals surface area contributed by atoms with Crippen molar-refractivity contribution in [3.05, 3.63) is 29.6 Å². The van der Waals surface area contributed by atoms with Crippen molar-refractivity contribution < 1.29 is 4.79 Å². The minimum atomic E-state index is 0.137. The third kappa shape index (κ3) is 2.25. The number of pyridine rings is 1. The molecule has 2 nitrogen and oxygen atoms in total. The van der Waals surface area contributed by atoms with E-state index in [0.717, 1.165) is 5.69 Å². The predicted octanol–water partition coefficient (Wildman–Crippen LogP) is 2.01. The number of carbonyl (C=O) groups is 1. The van der Waals surface area contributed by atoms with Gasteiger partial charge in [-0.15, -0.1) is 0 Å². The Bertz CT molecular complexity index is 255. The highest BCUT2D eigenvalue weighted by molar-refractivity contribution is 14.1. The van der Waals surface area contributed by atoms with Crippen LogP contribution in [0.5, 0.6) is 0 Å². The average Bonchev–Trinajstić information content (AvgIpc) is 2.05. The van der Waals surface area contributed by atoms with E-state index in [4.69, 9.17) is 0 Å². The van der Waals surface area contributed by atoms with Crippen LogP contribution in [0.25, 0.3) is 0 Å². The fraction of sp³-hybridized carbons (Fsp3) is 0.250. The van der Waals surface area contributed by atoms with Crippen molar-refractivity contribution in [3.63, 3.8) is 0 Å². The summed E-state index contributed by atoms with van der Waals surface area (Å²) in [7, 11) is 0. The normalized spacial score (nSPS) is 9.64. The first-order valence-electron chi connectivity index (χ1n) is 3.26. The summed E-state index contributed by atoms with van der Waals surface area (Å²) in [5.41, 5.74) is 1.64. The van der Waals surface area contributed by atoms with Gasteiger partial charge in [-0.25, -0.2) is 0 Å². The predicted molar refractivity (Wildman–Crippen MR) is 52.2 cm³/mol. The van der Waals surface area contributed by atoms with Crippen LogP contribution in [0, 0.1) is 6.92 Å². The van der Waals surface area contributed by atoms with Gasteiger partial charge in [0.25, 0.3) is 0 Å². The number of aryl methyl sites for hydroxylation is 1. The average molecular weight is 261 g/mol. The first-order valence-corrected chi connectivity index (χ1v) is 4.78. The second-order valence-electron chi connectivity index (χ2n) is 2.25. The molecule has 0 atom stereocenters. The fourth-order valence-corrected chi connectivity index (χ4v) is 1.15. The van der Waals surface area contributed by atoms with E-state index in [1.165, 1.54) is 0 Å². The first-order chi connectivity index (χ1) is 5.24. The summed E-state index contributed by atoms with van der Waals surface area (Å²) in [5.74, 6) is 0.137. The van der Waals surface area contributed by atoms with E-state index >= 15 is 0 Å². The zero-order valence-electron chi connectivity index (χ0n) is 6.17. The quantitative estimate of drug-likeness (QED) is 0.463. The van der Waals surface area contributed by atoms with Crippen molar-refractivity contribution in [3.8, 4) is 0 Å². The molecule has 0 aliphatic heterocycles. The zero-order valence-corrected chi connectivity index (χ0v) is 8.33. The first kappa shape index (κ1) is 8.64. The summed E-state index contributed by atoms with van der Waals surface area (Å²) >= 11 is 2.05. The molecule has 0 aromatic carbocycles. The summed E-state index contributed by atoms with van der Waals surface area (Å²) in [6.45, 7) is 1.90. The van der Waals surface area contributed by atoms with Crippen LogP contribution in [-0.2, 0) is 0 Å². The number of carbonyl (C=O) groups excluding carboxylic acids is 1. The maximum Gasteiger partial charge on any atom is 0.174 e. The van der Waals surface area contributed by atoms with Crippen LogP contribution in [0.3, 0.4) is 0 Å². The van der Waals surface area contributed by atoms with Crippen molar-refractivity contribution in [2.24, 2.45) is 0 Å². The molecule has 0 fully saturated rings. The van der Waals surface area contributed by atoms with E-state index in [1.807, 2.05) is 41.6 Å². The third-order valence-electron chi connectivity index (χ3n) is 1.35. The molecule has 0 unspecified atom stereocenters. The lowest BCUT2D eigenvalue weighted by molar-refractivity contribution is 0.102. The number of aromatic nitrogens is 1. The number of nitrogens with zero attached hydrogens (tertiary/aromatic N) is 1. The number of hydrogen-bond donors (Lipinski definition) is 0. The van der Waals surface area contributed by atoms with Crippen molar-refractivity contribution in [1.82, 2.24) is 4.98 Å². The molecule has 0 saturated carbocycles. The van der Waals surface area contributed by atoms with Crippen LogP contribution in [-0.4, -0.2) is 15.2 Å². The van der Waals surface area contributed by atoms with Gasteiger partial charge < -0.3 is 0 Å². The number of hydrogen-bond acceptors (Lipinski definition) is 2. The van der Waals surface area contributed by atoms with Crippen molar-refractivity contribution in [1.29, 1.82) is 0 Å². The van der Waals surface area contributed by atoms with Gasteiger partial charge in [0.05, 0.1) is 4.43 Å². The Morgan fingerprint density at radius 2 is 2.36 bits per heavy atom. The van der Waals surface area contributed by atoms with Crippen LogP contribution in [0.1, 0.15) is 16.1 Å². The summed E-state index contributed by atoms with van der Waals surface area (Å²) < 4.78 is 0.516. The van der Waals surface area contributed by atoms with Gasteiger partial charge in [-0.05, 0) is 19.1 Å². The lowest BCUT2D eigenvalue weighted by Crippen LogP contribution is -2.00. The topological polar surface area (TPSA) is 30.0 Å². The molecular formula is C8H8INO. The van der Waals surface area contributed by atoms with E-state index in [1.54, 1.807) is 6.20 Å². The summed E-state index contributed by atoms with van der Waals surface area (Å²) in [6, 6.07) is 3.66. The molecule has 0 spiro atoms. The molecule has 0 aliphatic rings. The Labute approximate surface area is 79.2 Å². The number of halogens is 1. The SMILES string of the molecule is Cc1ccc(C(=O)CI)cn1. The lowest BCUT2D eigenvalue weighted by Gasteiger charge is -1.95. The van der Waals surface area contributed by atoms with Crippen LogP contribution < -0.4 is 0 Å². The summed E-state index contributed by atoms with van der Waals surface area (Å²) in [4.78, 5) is 15.1. The fourth-order valence-electron chi connectivity index (χ4n) is 0.710. The van der Waals surface area contributed by atoms with Crippen LogP contribution in [0.2, 0.25) is 0 Å². The molecule has 0 amide bonds. The second kappa shape index (κ2) is 3.80. The van der Waals surface area contributed by atoms with Crippen molar-refractivity contribution in [2.75, 3.05) is 4.43 Å². The number of Topliss-reactive ketones (excluding diaryl/α,β-unsaturated/α-hetero) is 1. The van der Waals surface area contributed by atoms with Gasteiger partial charge in [-0.3, -0.25) is 9.78 Å². The molecule has 0 radical (unpaired) electrons. The number of ketones is 1. The van der Waals surface area contributed by atoms with Crippen LogP contribution >= 0.6 is 22.6 Å². The Morgan fingerprint density at radius 3 is 2.82 bits per heavy atom. The molecule has 1 aromatic rings. The molecule has 1 rings (SSSR count). The highest BCUT2D eigenvalue weighted by Gasteiger charge is 2.01. The van der Waals surface area contributed by atoms with E-state index in [2.05, 4.69) is 4.98 Å².